The SMILES string of the molecule is Cc1ccc(NC(=O)CCc2ccc(C(C)C)cc2)cc1Cl. The Morgan fingerprint density at radius 2 is 1.82 bits per heavy atom. The van der Waals surface area contributed by atoms with Crippen molar-refractivity contribution < 1.29 is 4.79 Å². The Balaban J connectivity index is 1.88. The molecule has 0 atom stereocenters. The molecule has 0 unspecified atom stereocenters. The van der Waals surface area contributed by atoms with Crippen LogP contribution in [0.1, 0.15) is 42.9 Å². The van der Waals surface area contributed by atoms with E-state index in [4.69, 9.17) is 11.6 Å². The highest BCUT2D eigenvalue weighted by Crippen LogP contribution is 2.20. The number of carbonyl (C=O) groups is 1. The molecule has 0 fully saturated rings. The Morgan fingerprint density at radius 1 is 1.14 bits per heavy atom. The Labute approximate surface area is 137 Å². The molecule has 2 aromatic carbocycles. The molecule has 0 radical (unpaired) electrons. The predicted octanol–water partition coefficient (Wildman–Crippen LogP) is 5.34. The van der Waals surface area contributed by atoms with Crippen LogP contribution < -0.4 is 5.32 Å². The topological polar surface area (TPSA) is 29.1 Å². The van der Waals surface area contributed by atoms with Gasteiger partial charge in [-0.15, -0.1) is 0 Å². The summed E-state index contributed by atoms with van der Waals surface area (Å²) in [6.07, 6.45) is 1.20. The van der Waals surface area contributed by atoms with Gasteiger partial charge >= 0.3 is 0 Å². The van der Waals surface area contributed by atoms with E-state index in [-0.39, 0.29) is 5.91 Å². The van der Waals surface area contributed by atoms with Gasteiger partial charge in [-0.3, -0.25) is 4.79 Å². The van der Waals surface area contributed by atoms with Crippen molar-refractivity contribution in [3.63, 3.8) is 0 Å². The summed E-state index contributed by atoms with van der Waals surface area (Å²) in [7, 11) is 0. The second-order valence-corrected chi connectivity index (χ2v) is 6.32. The molecule has 1 N–H and O–H groups in total. The molecule has 0 aliphatic heterocycles. The molecule has 0 aliphatic rings. The summed E-state index contributed by atoms with van der Waals surface area (Å²) in [5, 5.41) is 3.56. The lowest BCUT2D eigenvalue weighted by Crippen LogP contribution is -2.12. The summed E-state index contributed by atoms with van der Waals surface area (Å²) in [4.78, 5) is 12.0. The third kappa shape index (κ3) is 4.60. The highest BCUT2D eigenvalue weighted by molar-refractivity contribution is 6.31. The Morgan fingerprint density at radius 3 is 2.41 bits per heavy atom. The largest absolute Gasteiger partial charge is 0.326 e. The lowest BCUT2D eigenvalue weighted by Gasteiger charge is -2.08. The van der Waals surface area contributed by atoms with E-state index in [1.807, 2.05) is 19.1 Å². The summed E-state index contributed by atoms with van der Waals surface area (Å²) < 4.78 is 0. The Hall–Kier alpha value is -1.80. The number of hydrogen-bond acceptors (Lipinski definition) is 1. The second-order valence-electron chi connectivity index (χ2n) is 5.91. The molecule has 0 aliphatic carbocycles. The van der Waals surface area contributed by atoms with Crippen molar-refractivity contribution in [3.05, 3.63) is 64.2 Å². The molecular weight excluding hydrogens is 294 g/mol. The summed E-state index contributed by atoms with van der Waals surface area (Å²) >= 11 is 6.06. The summed E-state index contributed by atoms with van der Waals surface area (Å²) in [6, 6.07) is 14.0. The monoisotopic (exact) mass is 315 g/mol. The van der Waals surface area contributed by atoms with Crippen LogP contribution in [0.2, 0.25) is 5.02 Å². The van der Waals surface area contributed by atoms with Crippen LogP contribution in [0.5, 0.6) is 0 Å². The average Bonchev–Trinajstić information content (AvgIpc) is 2.49. The van der Waals surface area contributed by atoms with Gasteiger partial charge in [0.25, 0.3) is 0 Å². The van der Waals surface area contributed by atoms with Gasteiger partial charge < -0.3 is 5.32 Å². The minimum Gasteiger partial charge on any atom is -0.326 e. The molecule has 2 rings (SSSR count). The fourth-order valence-corrected chi connectivity index (χ4v) is 2.40. The molecule has 0 saturated heterocycles. The molecule has 0 saturated carbocycles. The van der Waals surface area contributed by atoms with Crippen LogP contribution in [0.3, 0.4) is 0 Å². The van der Waals surface area contributed by atoms with Gasteiger partial charge in [-0.25, -0.2) is 0 Å². The van der Waals surface area contributed by atoms with Gasteiger partial charge in [-0.2, -0.15) is 0 Å². The smallest absolute Gasteiger partial charge is 0.224 e. The van der Waals surface area contributed by atoms with E-state index in [9.17, 15) is 4.79 Å². The standard InChI is InChI=1S/C19H22ClNO/c1-13(2)16-8-5-15(6-9-16)7-11-19(22)21-17-10-4-14(3)18(20)12-17/h4-6,8-10,12-13H,7,11H2,1-3H3,(H,21,22). The number of halogens is 1. The van der Waals surface area contributed by atoms with Gasteiger partial charge in [0.15, 0.2) is 0 Å². The number of rotatable bonds is 5. The summed E-state index contributed by atoms with van der Waals surface area (Å²) in [5.41, 5.74) is 4.25. The van der Waals surface area contributed by atoms with Crippen LogP contribution in [0.15, 0.2) is 42.5 Å². The van der Waals surface area contributed by atoms with E-state index in [1.165, 1.54) is 11.1 Å². The highest BCUT2D eigenvalue weighted by Gasteiger charge is 2.05. The molecule has 3 heteroatoms. The highest BCUT2D eigenvalue weighted by atomic mass is 35.5. The molecule has 2 nitrogen and oxygen atoms in total. The number of benzene rings is 2. The minimum absolute atomic E-state index is 0.00727. The van der Waals surface area contributed by atoms with Gasteiger partial charge in [0, 0.05) is 17.1 Å². The molecule has 22 heavy (non-hydrogen) atoms. The van der Waals surface area contributed by atoms with Gasteiger partial charge in [-0.1, -0.05) is 55.8 Å². The fourth-order valence-electron chi connectivity index (χ4n) is 2.22. The van der Waals surface area contributed by atoms with Crippen LogP contribution in [0.25, 0.3) is 0 Å². The first kappa shape index (κ1) is 16.6. The number of hydrogen-bond donors (Lipinski definition) is 1. The normalized spacial score (nSPS) is 10.8. The van der Waals surface area contributed by atoms with Gasteiger partial charge in [-0.05, 0) is 48.1 Å². The van der Waals surface area contributed by atoms with Crippen molar-refractivity contribution in [1.29, 1.82) is 0 Å². The zero-order valence-corrected chi connectivity index (χ0v) is 14.1. The number of amides is 1. The molecule has 0 spiro atoms. The molecular formula is C19H22ClNO. The van der Waals surface area contributed by atoms with Crippen molar-refractivity contribution in [2.24, 2.45) is 0 Å². The number of nitrogens with one attached hydrogen (secondary N) is 1. The molecule has 116 valence electrons. The fraction of sp³-hybridized carbons (Fsp3) is 0.316. The molecule has 2 aromatic rings. The van der Waals surface area contributed by atoms with Crippen LogP contribution in [-0.4, -0.2) is 5.91 Å². The first-order valence-electron chi connectivity index (χ1n) is 7.60. The van der Waals surface area contributed by atoms with Crippen LogP contribution in [0.4, 0.5) is 5.69 Å². The minimum atomic E-state index is 0.00727. The lowest BCUT2D eigenvalue weighted by molar-refractivity contribution is -0.116. The molecule has 1 amide bonds. The lowest BCUT2D eigenvalue weighted by atomic mass is 10.0. The van der Waals surface area contributed by atoms with Crippen molar-refractivity contribution in [2.75, 3.05) is 5.32 Å². The molecule has 0 bridgehead atoms. The van der Waals surface area contributed by atoms with E-state index in [2.05, 4.69) is 43.4 Å². The Kier molecular flexibility index (Phi) is 5.62. The van der Waals surface area contributed by atoms with Crippen molar-refractivity contribution in [3.8, 4) is 0 Å². The van der Waals surface area contributed by atoms with Crippen LogP contribution in [-0.2, 0) is 11.2 Å². The van der Waals surface area contributed by atoms with Gasteiger partial charge in [0.05, 0.1) is 0 Å². The maximum absolute atomic E-state index is 12.0. The zero-order chi connectivity index (χ0) is 16.1. The predicted molar refractivity (Wildman–Crippen MR) is 93.7 cm³/mol. The van der Waals surface area contributed by atoms with Gasteiger partial charge in [0.1, 0.15) is 0 Å². The van der Waals surface area contributed by atoms with E-state index in [0.717, 1.165) is 17.7 Å². The number of aryl methyl sites for hydroxylation is 2. The zero-order valence-electron chi connectivity index (χ0n) is 13.3. The third-order valence-electron chi connectivity index (χ3n) is 3.74. The molecule has 0 heterocycles. The molecule has 0 aromatic heterocycles. The van der Waals surface area contributed by atoms with Gasteiger partial charge in [0.2, 0.25) is 5.91 Å². The maximum atomic E-state index is 12.0. The van der Waals surface area contributed by atoms with E-state index in [0.29, 0.717) is 17.4 Å². The number of anilines is 1. The third-order valence-corrected chi connectivity index (χ3v) is 4.15. The quantitative estimate of drug-likeness (QED) is 0.792. The van der Waals surface area contributed by atoms with Crippen LogP contribution >= 0.6 is 11.6 Å². The first-order valence-corrected chi connectivity index (χ1v) is 7.98. The van der Waals surface area contributed by atoms with Crippen molar-refractivity contribution in [2.45, 2.75) is 39.5 Å². The Bertz CT molecular complexity index is 647. The average molecular weight is 316 g/mol. The summed E-state index contributed by atoms with van der Waals surface area (Å²) in [6.45, 7) is 6.29. The van der Waals surface area contributed by atoms with Crippen molar-refractivity contribution in [1.82, 2.24) is 0 Å². The van der Waals surface area contributed by atoms with Crippen LogP contribution in [0, 0.1) is 6.92 Å². The van der Waals surface area contributed by atoms with Crippen molar-refractivity contribution >= 4 is 23.2 Å². The second kappa shape index (κ2) is 7.46. The van der Waals surface area contributed by atoms with E-state index < -0.39 is 0 Å². The maximum Gasteiger partial charge on any atom is 0.224 e. The van der Waals surface area contributed by atoms with E-state index >= 15 is 0 Å². The first-order chi connectivity index (χ1) is 10.5. The number of carbonyl (C=O) groups excluding carboxylic acids is 1. The van der Waals surface area contributed by atoms with E-state index in [1.54, 1.807) is 6.07 Å². The summed E-state index contributed by atoms with van der Waals surface area (Å²) in [5.74, 6) is 0.538.